The molecule has 0 saturated carbocycles. The highest BCUT2D eigenvalue weighted by atomic mass is 19.4. The van der Waals surface area contributed by atoms with E-state index in [1.165, 1.54) is 12.1 Å². The minimum absolute atomic E-state index is 0.507. The maximum Gasteiger partial charge on any atom is 0.416 e. The molecule has 4 heteroatoms. The highest BCUT2D eigenvalue weighted by molar-refractivity contribution is 5.94. The quantitative estimate of drug-likeness (QED) is 0.372. The standard InChI is InChI=1S/C24H16F3N/c25-24(26,27)19-15-20(17-9-3-1-4-10-17)23(22-13-7-8-14-28-22)21(16-19)18-11-5-2-6-12-18/h1-16H. The molecule has 28 heavy (non-hydrogen) atoms. The Balaban J connectivity index is 2.11. The minimum Gasteiger partial charge on any atom is -0.256 e. The fraction of sp³-hybridized carbons (Fsp3) is 0.0417. The summed E-state index contributed by atoms with van der Waals surface area (Å²) < 4.78 is 41.1. The fourth-order valence-electron chi connectivity index (χ4n) is 3.28. The summed E-state index contributed by atoms with van der Waals surface area (Å²) in [5.74, 6) is 0. The van der Waals surface area contributed by atoms with E-state index in [9.17, 15) is 13.2 Å². The third-order valence-corrected chi connectivity index (χ3v) is 4.56. The molecule has 0 saturated heterocycles. The number of hydrogen-bond acceptors (Lipinski definition) is 1. The van der Waals surface area contributed by atoms with Gasteiger partial charge in [0.25, 0.3) is 0 Å². The summed E-state index contributed by atoms with van der Waals surface area (Å²) in [6, 6.07) is 26.1. The Hall–Kier alpha value is -3.40. The average Bonchev–Trinajstić information content (AvgIpc) is 2.74. The van der Waals surface area contributed by atoms with Crippen LogP contribution in [0.4, 0.5) is 13.2 Å². The minimum atomic E-state index is -4.45. The molecule has 0 aliphatic carbocycles. The van der Waals surface area contributed by atoms with Crippen LogP contribution in [0.3, 0.4) is 0 Å². The number of benzene rings is 3. The molecule has 1 aromatic heterocycles. The van der Waals surface area contributed by atoms with E-state index >= 15 is 0 Å². The molecule has 4 aromatic rings. The Kier molecular flexibility index (Phi) is 4.70. The largest absolute Gasteiger partial charge is 0.416 e. The molecule has 1 heterocycles. The van der Waals surface area contributed by atoms with Gasteiger partial charge in [-0.1, -0.05) is 66.7 Å². The van der Waals surface area contributed by atoms with E-state index in [-0.39, 0.29) is 0 Å². The molecule has 138 valence electrons. The van der Waals surface area contributed by atoms with Gasteiger partial charge >= 0.3 is 6.18 Å². The second kappa shape index (κ2) is 7.31. The van der Waals surface area contributed by atoms with Crippen LogP contribution >= 0.6 is 0 Å². The molecule has 1 nitrogen and oxygen atoms in total. The van der Waals surface area contributed by atoms with E-state index in [2.05, 4.69) is 4.98 Å². The van der Waals surface area contributed by atoms with Crippen LogP contribution in [0, 0.1) is 0 Å². The highest BCUT2D eigenvalue weighted by Gasteiger charge is 2.33. The first kappa shape index (κ1) is 18.0. The number of rotatable bonds is 3. The summed E-state index contributed by atoms with van der Waals surface area (Å²) in [5.41, 5.74) is 3.09. The van der Waals surface area contributed by atoms with E-state index in [0.717, 1.165) is 0 Å². The first-order valence-electron chi connectivity index (χ1n) is 8.81. The normalized spacial score (nSPS) is 11.4. The molecule has 0 fully saturated rings. The van der Waals surface area contributed by atoms with Crippen LogP contribution in [0.5, 0.6) is 0 Å². The SMILES string of the molecule is FC(F)(F)c1cc(-c2ccccc2)c(-c2ccccn2)c(-c2ccccc2)c1. The van der Waals surface area contributed by atoms with Crippen LogP contribution in [0.15, 0.2) is 97.2 Å². The van der Waals surface area contributed by atoms with Crippen LogP contribution in [0.25, 0.3) is 33.5 Å². The fourth-order valence-corrected chi connectivity index (χ4v) is 3.28. The lowest BCUT2D eigenvalue weighted by Crippen LogP contribution is -2.07. The number of nitrogens with zero attached hydrogens (tertiary/aromatic N) is 1. The lowest BCUT2D eigenvalue weighted by atomic mass is 9.87. The lowest BCUT2D eigenvalue weighted by molar-refractivity contribution is -0.137. The molecule has 0 bridgehead atoms. The van der Waals surface area contributed by atoms with Crippen LogP contribution in [-0.4, -0.2) is 4.98 Å². The van der Waals surface area contributed by atoms with Crippen molar-refractivity contribution in [3.63, 3.8) is 0 Å². The third-order valence-electron chi connectivity index (χ3n) is 4.56. The third kappa shape index (κ3) is 3.54. The van der Waals surface area contributed by atoms with Crippen molar-refractivity contribution in [1.29, 1.82) is 0 Å². The first-order chi connectivity index (χ1) is 13.5. The maximum absolute atomic E-state index is 13.7. The molecule has 0 spiro atoms. The second-order valence-electron chi connectivity index (χ2n) is 6.39. The first-order valence-corrected chi connectivity index (χ1v) is 8.81. The summed E-state index contributed by atoms with van der Waals surface area (Å²) in [6.07, 6.45) is -2.80. The summed E-state index contributed by atoms with van der Waals surface area (Å²) in [4.78, 5) is 4.43. The van der Waals surface area contributed by atoms with Gasteiger partial charge < -0.3 is 0 Å². The monoisotopic (exact) mass is 375 g/mol. The number of alkyl halides is 3. The molecule has 3 aromatic carbocycles. The molecular weight excluding hydrogens is 359 g/mol. The number of hydrogen-bond donors (Lipinski definition) is 0. The van der Waals surface area contributed by atoms with E-state index in [4.69, 9.17) is 0 Å². The Morgan fingerprint density at radius 1 is 0.607 bits per heavy atom. The summed E-state index contributed by atoms with van der Waals surface area (Å²) in [7, 11) is 0. The molecular formula is C24H16F3N. The predicted octanol–water partition coefficient (Wildman–Crippen LogP) is 7.10. The lowest BCUT2D eigenvalue weighted by Gasteiger charge is -2.19. The predicted molar refractivity (Wildman–Crippen MR) is 106 cm³/mol. The van der Waals surface area contributed by atoms with Gasteiger partial charge in [0.15, 0.2) is 0 Å². The number of aromatic nitrogens is 1. The molecule has 0 N–H and O–H groups in total. The van der Waals surface area contributed by atoms with E-state index < -0.39 is 11.7 Å². The van der Waals surface area contributed by atoms with Gasteiger partial charge in [-0.2, -0.15) is 13.2 Å². The smallest absolute Gasteiger partial charge is 0.256 e. The second-order valence-corrected chi connectivity index (χ2v) is 6.39. The van der Waals surface area contributed by atoms with Crippen molar-refractivity contribution < 1.29 is 13.2 Å². The zero-order valence-corrected chi connectivity index (χ0v) is 14.8. The molecule has 0 amide bonds. The average molecular weight is 375 g/mol. The molecule has 0 radical (unpaired) electrons. The summed E-state index contributed by atoms with van der Waals surface area (Å²) in [5, 5.41) is 0. The molecule has 4 rings (SSSR count). The highest BCUT2D eigenvalue weighted by Crippen LogP contribution is 2.43. The van der Waals surface area contributed by atoms with E-state index in [0.29, 0.717) is 33.5 Å². The number of halogens is 3. The summed E-state index contributed by atoms with van der Waals surface area (Å²) in [6.45, 7) is 0. The summed E-state index contributed by atoms with van der Waals surface area (Å²) >= 11 is 0. The number of pyridine rings is 1. The molecule has 0 atom stereocenters. The van der Waals surface area contributed by atoms with Crippen LogP contribution in [0.2, 0.25) is 0 Å². The van der Waals surface area contributed by atoms with Gasteiger partial charge in [-0.3, -0.25) is 4.98 Å². The van der Waals surface area contributed by atoms with Crippen molar-refractivity contribution in [3.05, 3.63) is 103 Å². The topological polar surface area (TPSA) is 12.9 Å². The molecule has 0 aliphatic rings. The van der Waals surface area contributed by atoms with Crippen LogP contribution in [-0.2, 0) is 6.18 Å². The van der Waals surface area contributed by atoms with Crippen LogP contribution in [0.1, 0.15) is 5.56 Å². The Morgan fingerprint density at radius 2 is 1.11 bits per heavy atom. The van der Waals surface area contributed by atoms with Gasteiger partial charge in [0.05, 0.1) is 11.3 Å². The van der Waals surface area contributed by atoms with Gasteiger partial charge in [-0.25, -0.2) is 0 Å². The van der Waals surface area contributed by atoms with E-state index in [1.54, 1.807) is 12.3 Å². The van der Waals surface area contributed by atoms with Gasteiger partial charge in [-0.05, 0) is 46.5 Å². The van der Waals surface area contributed by atoms with Crippen molar-refractivity contribution in [2.75, 3.05) is 0 Å². The Bertz CT molecular complexity index is 1010. The van der Waals surface area contributed by atoms with Gasteiger partial charge in [-0.15, -0.1) is 0 Å². The van der Waals surface area contributed by atoms with Gasteiger partial charge in [0.2, 0.25) is 0 Å². The van der Waals surface area contributed by atoms with Crippen molar-refractivity contribution in [2.45, 2.75) is 6.18 Å². The van der Waals surface area contributed by atoms with Gasteiger partial charge in [0, 0.05) is 11.8 Å². The van der Waals surface area contributed by atoms with Crippen molar-refractivity contribution in [1.82, 2.24) is 4.98 Å². The maximum atomic E-state index is 13.7. The Morgan fingerprint density at radius 3 is 1.54 bits per heavy atom. The van der Waals surface area contributed by atoms with Crippen LogP contribution < -0.4 is 0 Å². The molecule has 0 unspecified atom stereocenters. The zero-order chi connectivity index (χ0) is 19.6. The zero-order valence-electron chi connectivity index (χ0n) is 14.8. The van der Waals surface area contributed by atoms with Gasteiger partial charge in [0.1, 0.15) is 0 Å². The van der Waals surface area contributed by atoms with Crippen molar-refractivity contribution in [2.24, 2.45) is 0 Å². The molecule has 0 aliphatic heterocycles. The van der Waals surface area contributed by atoms with E-state index in [1.807, 2.05) is 72.8 Å². The Labute approximate surface area is 161 Å². The van der Waals surface area contributed by atoms with Crippen molar-refractivity contribution >= 4 is 0 Å². The van der Waals surface area contributed by atoms with Crippen molar-refractivity contribution in [3.8, 4) is 33.5 Å².